The van der Waals surface area contributed by atoms with Gasteiger partial charge < -0.3 is 54.1 Å². The lowest BCUT2D eigenvalue weighted by molar-refractivity contribution is -0.277. The molecule has 0 unspecified atom stereocenters. The molecule has 174 valence electrons. The Hall–Kier alpha value is -3.55. The Bertz CT molecular complexity index is 1430. The molecule has 3 heterocycles. The van der Waals surface area contributed by atoms with E-state index in [2.05, 4.69) is 0 Å². The van der Waals surface area contributed by atoms with Crippen LogP contribution in [0.2, 0.25) is 0 Å². The number of hydrogen-bond acceptors (Lipinski definition) is 12. The average molecular weight is 462 g/mol. The Kier molecular flexibility index (Phi) is 4.84. The highest BCUT2D eigenvalue weighted by Gasteiger charge is 2.44. The van der Waals surface area contributed by atoms with Gasteiger partial charge in [0.25, 0.3) is 0 Å². The predicted octanol–water partition coefficient (Wildman–Crippen LogP) is -0.0121. The smallest absolute Gasteiger partial charge is 0.348 e. The van der Waals surface area contributed by atoms with E-state index in [-0.39, 0.29) is 38.7 Å². The van der Waals surface area contributed by atoms with Crippen LogP contribution in [0.25, 0.3) is 32.9 Å². The van der Waals surface area contributed by atoms with Gasteiger partial charge in [-0.1, -0.05) is 0 Å². The number of benzene rings is 2. The van der Waals surface area contributed by atoms with E-state index in [1.54, 1.807) is 0 Å². The van der Waals surface area contributed by atoms with Crippen molar-refractivity contribution in [3.63, 3.8) is 0 Å². The third kappa shape index (κ3) is 3.23. The molecular weight excluding hydrogens is 444 g/mol. The van der Waals surface area contributed by atoms with Crippen molar-refractivity contribution in [3.05, 3.63) is 34.7 Å². The first kappa shape index (κ1) is 21.3. The van der Waals surface area contributed by atoms with Crippen molar-refractivity contribution in [2.45, 2.75) is 30.7 Å². The Balaban J connectivity index is 1.61. The third-order valence-corrected chi connectivity index (χ3v) is 5.57. The van der Waals surface area contributed by atoms with E-state index in [0.29, 0.717) is 0 Å². The van der Waals surface area contributed by atoms with Crippen LogP contribution in [0.5, 0.6) is 23.0 Å². The Morgan fingerprint density at radius 3 is 2.27 bits per heavy atom. The number of hydrogen-bond donors (Lipinski definition) is 7. The van der Waals surface area contributed by atoms with E-state index >= 15 is 0 Å². The zero-order valence-electron chi connectivity index (χ0n) is 16.6. The van der Waals surface area contributed by atoms with E-state index in [0.717, 1.165) is 18.2 Å². The average Bonchev–Trinajstić information content (AvgIpc) is 3.12. The standard InChI is InChI=1S/C21H18O12/c22-5-13-16(26)17(27)18(28)21(33-13)30-6-1-10(25)15-12(2-6)32-20(29)14-7-3-8(23)9(24)4-11(7)31-19(14)15/h1-4,13,16-18,21-28H,5H2/t13-,16-,17-,18-,21-/m1/s1. The Morgan fingerprint density at radius 1 is 0.818 bits per heavy atom. The molecule has 1 fully saturated rings. The van der Waals surface area contributed by atoms with Gasteiger partial charge in [0.2, 0.25) is 6.29 Å². The summed E-state index contributed by atoms with van der Waals surface area (Å²) < 4.78 is 21.7. The first-order chi connectivity index (χ1) is 15.7. The second kappa shape index (κ2) is 7.50. The van der Waals surface area contributed by atoms with Gasteiger partial charge in [-0.25, -0.2) is 4.79 Å². The van der Waals surface area contributed by atoms with E-state index in [9.17, 15) is 40.5 Å². The fraction of sp³-hybridized carbons (Fsp3) is 0.286. The first-order valence-electron chi connectivity index (χ1n) is 9.74. The maximum Gasteiger partial charge on any atom is 0.348 e. The molecule has 0 spiro atoms. The van der Waals surface area contributed by atoms with Crippen LogP contribution in [0.15, 0.2) is 37.9 Å². The molecule has 7 N–H and O–H groups in total. The molecule has 5 atom stereocenters. The summed E-state index contributed by atoms with van der Waals surface area (Å²) in [5.41, 5.74) is -0.996. The fourth-order valence-electron chi connectivity index (χ4n) is 3.90. The monoisotopic (exact) mass is 462 g/mol. The maximum absolute atomic E-state index is 12.6. The van der Waals surface area contributed by atoms with Gasteiger partial charge in [-0.2, -0.15) is 0 Å². The van der Waals surface area contributed by atoms with Crippen LogP contribution < -0.4 is 10.4 Å². The van der Waals surface area contributed by atoms with Gasteiger partial charge >= 0.3 is 5.63 Å². The molecule has 0 aliphatic carbocycles. The van der Waals surface area contributed by atoms with Gasteiger partial charge in [0.15, 0.2) is 17.1 Å². The minimum atomic E-state index is -1.69. The molecule has 5 rings (SSSR count). The molecule has 1 aliphatic rings. The van der Waals surface area contributed by atoms with Crippen LogP contribution in [0, 0.1) is 0 Å². The van der Waals surface area contributed by atoms with Crippen molar-refractivity contribution in [1.82, 2.24) is 0 Å². The van der Waals surface area contributed by atoms with Crippen LogP contribution in [-0.2, 0) is 4.74 Å². The summed E-state index contributed by atoms with van der Waals surface area (Å²) in [7, 11) is 0. The van der Waals surface area contributed by atoms with Crippen LogP contribution in [0.1, 0.15) is 0 Å². The van der Waals surface area contributed by atoms with E-state index in [4.69, 9.17) is 18.3 Å². The van der Waals surface area contributed by atoms with Crippen molar-refractivity contribution in [2.75, 3.05) is 6.61 Å². The first-order valence-corrected chi connectivity index (χ1v) is 9.74. The minimum Gasteiger partial charge on any atom is -0.507 e. The van der Waals surface area contributed by atoms with Crippen LogP contribution in [0.4, 0.5) is 0 Å². The summed E-state index contributed by atoms with van der Waals surface area (Å²) in [6.45, 7) is -0.655. The second-order valence-corrected chi connectivity index (χ2v) is 7.66. The van der Waals surface area contributed by atoms with Crippen molar-refractivity contribution < 1.29 is 54.1 Å². The SMILES string of the molecule is O=c1oc2cc(O[C@@H]3O[C@H](CO)[C@@H](O)[C@@H](O)[C@H]3O)cc(O)c2c2oc3cc(O)c(O)cc3c12. The summed E-state index contributed by atoms with van der Waals surface area (Å²) in [4.78, 5) is 12.6. The summed E-state index contributed by atoms with van der Waals surface area (Å²) in [6, 6.07) is 4.57. The molecular formula is C21H18O12. The number of aliphatic hydroxyl groups excluding tert-OH is 4. The molecule has 4 aromatic rings. The largest absolute Gasteiger partial charge is 0.507 e. The molecule has 0 bridgehead atoms. The van der Waals surface area contributed by atoms with Gasteiger partial charge in [0.05, 0.1) is 6.61 Å². The molecule has 0 amide bonds. The molecule has 12 nitrogen and oxygen atoms in total. The highest BCUT2D eigenvalue weighted by Crippen LogP contribution is 2.41. The normalized spacial score (nSPS) is 25.8. The summed E-state index contributed by atoms with van der Waals surface area (Å²) >= 11 is 0. The van der Waals surface area contributed by atoms with E-state index in [1.807, 2.05) is 0 Å². The number of phenolic OH excluding ortho intramolecular Hbond substituents is 3. The number of aliphatic hydroxyl groups is 4. The van der Waals surface area contributed by atoms with Gasteiger partial charge in [-0.3, -0.25) is 0 Å². The molecule has 0 saturated carbocycles. The van der Waals surface area contributed by atoms with Gasteiger partial charge in [-0.05, 0) is 6.07 Å². The highest BCUT2D eigenvalue weighted by molar-refractivity contribution is 6.15. The number of fused-ring (bicyclic) bond motifs is 5. The lowest BCUT2D eigenvalue weighted by Gasteiger charge is -2.39. The number of furan rings is 1. The predicted molar refractivity (Wildman–Crippen MR) is 109 cm³/mol. The molecule has 1 saturated heterocycles. The summed E-state index contributed by atoms with van der Waals surface area (Å²) in [6.07, 6.45) is -7.66. The quantitative estimate of drug-likeness (QED) is 0.159. The topological polar surface area (TPSA) is 203 Å². The molecule has 1 aliphatic heterocycles. The molecule has 0 radical (unpaired) electrons. The van der Waals surface area contributed by atoms with Gasteiger partial charge in [-0.15, -0.1) is 0 Å². The zero-order chi connectivity index (χ0) is 23.6. The van der Waals surface area contributed by atoms with Crippen molar-refractivity contribution in [1.29, 1.82) is 0 Å². The van der Waals surface area contributed by atoms with Crippen LogP contribution in [-0.4, -0.2) is 73.1 Å². The van der Waals surface area contributed by atoms with Crippen LogP contribution in [0.3, 0.4) is 0 Å². The Labute approximate surface area is 182 Å². The molecule has 2 aromatic carbocycles. The summed E-state index contributed by atoms with van der Waals surface area (Å²) in [5.74, 6) is -1.50. The number of phenols is 3. The Morgan fingerprint density at radius 2 is 1.55 bits per heavy atom. The van der Waals surface area contributed by atoms with Crippen LogP contribution >= 0.6 is 0 Å². The maximum atomic E-state index is 12.6. The number of rotatable bonds is 3. The van der Waals surface area contributed by atoms with E-state index < -0.39 is 60.2 Å². The van der Waals surface area contributed by atoms with Gasteiger partial charge in [0.1, 0.15) is 57.9 Å². The number of ether oxygens (including phenoxy) is 2. The zero-order valence-corrected chi connectivity index (χ0v) is 16.6. The van der Waals surface area contributed by atoms with E-state index in [1.165, 1.54) is 6.07 Å². The lowest BCUT2D eigenvalue weighted by atomic mass is 9.99. The highest BCUT2D eigenvalue weighted by atomic mass is 16.7. The van der Waals surface area contributed by atoms with Crippen molar-refractivity contribution in [2.24, 2.45) is 0 Å². The van der Waals surface area contributed by atoms with Crippen molar-refractivity contribution in [3.8, 4) is 23.0 Å². The fourth-order valence-corrected chi connectivity index (χ4v) is 3.90. The molecule has 12 heteroatoms. The molecule has 33 heavy (non-hydrogen) atoms. The minimum absolute atomic E-state index is 0.000863. The van der Waals surface area contributed by atoms with Gasteiger partial charge in [0, 0.05) is 23.6 Å². The third-order valence-electron chi connectivity index (χ3n) is 5.57. The van der Waals surface area contributed by atoms with Crippen molar-refractivity contribution >= 4 is 32.9 Å². The number of aromatic hydroxyl groups is 3. The summed E-state index contributed by atoms with van der Waals surface area (Å²) in [5, 5.41) is 69.4. The molecule has 2 aromatic heterocycles. The lowest BCUT2D eigenvalue weighted by Crippen LogP contribution is -2.60. The second-order valence-electron chi connectivity index (χ2n) is 7.66.